The van der Waals surface area contributed by atoms with Crippen LogP contribution in [0, 0.1) is 0 Å². The molecule has 3 heteroatoms. The van der Waals surface area contributed by atoms with Crippen LogP contribution >= 0.6 is 11.8 Å². The molecule has 0 aliphatic carbocycles. The maximum Gasteiger partial charge on any atom is 0.0954 e. The molecule has 0 aliphatic rings. The number of hydrogen-bond acceptors (Lipinski definition) is 2. The van der Waals surface area contributed by atoms with Gasteiger partial charge < -0.3 is 4.57 Å². The molecule has 17 heavy (non-hydrogen) atoms. The molecule has 2 rings (SSSR count). The average molecular weight is 244 g/mol. The lowest BCUT2D eigenvalue weighted by Gasteiger charge is -2.00. The Balaban J connectivity index is 1.94. The van der Waals surface area contributed by atoms with Gasteiger partial charge in [0, 0.05) is 29.8 Å². The van der Waals surface area contributed by atoms with Crippen molar-refractivity contribution in [3.63, 3.8) is 0 Å². The second kappa shape index (κ2) is 6.30. The van der Waals surface area contributed by atoms with E-state index in [1.54, 1.807) is 0 Å². The van der Waals surface area contributed by atoms with Gasteiger partial charge in [0.1, 0.15) is 0 Å². The molecule has 0 bridgehead atoms. The van der Waals surface area contributed by atoms with Gasteiger partial charge in [0.2, 0.25) is 0 Å². The van der Waals surface area contributed by atoms with E-state index in [1.165, 1.54) is 5.56 Å². The Morgan fingerprint density at radius 2 is 2.12 bits per heavy atom. The summed E-state index contributed by atoms with van der Waals surface area (Å²) in [6, 6.07) is 10.3. The molecule has 0 aliphatic heterocycles. The highest BCUT2D eigenvalue weighted by atomic mass is 32.2. The lowest BCUT2D eigenvalue weighted by molar-refractivity contribution is 0.771. The SMILES string of the molecule is C=CCSCCn1cnc(-c2ccccc2)c1. The fraction of sp³-hybridized carbons (Fsp3) is 0.214. The minimum atomic E-state index is 0.998. The maximum atomic E-state index is 4.42. The first kappa shape index (κ1) is 12.0. The van der Waals surface area contributed by atoms with Crippen molar-refractivity contribution in [1.29, 1.82) is 0 Å². The molecule has 0 spiro atoms. The summed E-state index contributed by atoms with van der Waals surface area (Å²) < 4.78 is 2.14. The Morgan fingerprint density at radius 1 is 1.29 bits per heavy atom. The Morgan fingerprint density at radius 3 is 2.88 bits per heavy atom. The molecule has 0 N–H and O–H groups in total. The number of aromatic nitrogens is 2. The van der Waals surface area contributed by atoms with E-state index in [2.05, 4.69) is 34.5 Å². The molecule has 2 aromatic rings. The van der Waals surface area contributed by atoms with E-state index in [-0.39, 0.29) is 0 Å². The number of thioether (sulfide) groups is 1. The number of rotatable bonds is 6. The summed E-state index contributed by atoms with van der Waals surface area (Å²) in [6.45, 7) is 4.71. The molecule has 0 saturated heterocycles. The molecule has 0 unspecified atom stereocenters. The first-order valence-electron chi connectivity index (χ1n) is 5.66. The van der Waals surface area contributed by atoms with Crippen molar-refractivity contribution in [1.82, 2.24) is 9.55 Å². The van der Waals surface area contributed by atoms with Gasteiger partial charge in [-0.2, -0.15) is 11.8 Å². The molecular weight excluding hydrogens is 228 g/mol. The fourth-order valence-electron chi connectivity index (χ4n) is 1.58. The highest BCUT2D eigenvalue weighted by Crippen LogP contribution is 2.16. The molecule has 0 radical (unpaired) electrons. The predicted octanol–water partition coefficient (Wildman–Crippen LogP) is 3.47. The van der Waals surface area contributed by atoms with Crippen LogP contribution in [0.5, 0.6) is 0 Å². The van der Waals surface area contributed by atoms with Crippen LogP contribution in [-0.4, -0.2) is 21.1 Å². The Labute approximate surface area is 106 Å². The highest BCUT2D eigenvalue weighted by molar-refractivity contribution is 7.99. The minimum absolute atomic E-state index is 0.998. The van der Waals surface area contributed by atoms with Gasteiger partial charge in [-0.1, -0.05) is 36.4 Å². The van der Waals surface area contributed by atoms with Crippen LogP contribution in [-0.2, 0) is 6.54 Å². The van der Waals surface area contributed by atoms with E-state index in [9.17, 15) is 0 Å². The van der Waals surface area contributed by atoms with Crippen LogP contribution in [0.25, 0.3) is 11.3 Å². The van der Waals surface area contributed by atoms with Crippen molar-refractivity contribution in [2.24, 2.45) is 0 Å². The normalized spacial score (nSPS) is 10.4. The van der Waals surface area contributed by atoms with Crippen molar-refractivity contribution in [2.75, 3.05) is 11.5 Å². The molecule has 1 aromatic heterocycles. The van der Waals surface area contributed by atoms with Gasteiger partial charge in [-0.05, 0) is 0 Å². The summed E-state index contributed by atoms with van der Waals surface area (Å²) in [5, 5.41) is 0. The van der Waals surface area contributed by atoms with Gasteiger partial charge in [0.05, 0.1) is 12.0 Å². The zero-order valence-corrected chi connectivity index (χ0v) is 10.6. The molecular formula is C14H16N2S. The third-order valence-corrected chi connectivity index (χ3v) is 3.37. The third-order valence-electron chi connectivity index (χ3n) is 2.43. The summed E-state index contributed by atoms with van der Waals surface area (Å²) in [5.74, 6) is 2.11. The molecule has 1 aromatic carbocycles. The highest BCUT2D eigenvalue weighted by Gasteiger charge is 2.00. The molecule has 0 amide bonds. The van der Waals surface area contributed by atoms with Crippen molar-refractivity contribution >= 4 is 11.8 Å². The summed E-state index contributed by atoms with van der Waals surface area (Å²) >= 11 is 1.89. The van der Waals surface area contributed by atoms with Crippen LogP contribution in [0.2, 0.25) is 0 Å². The largest absolute Gasteiger partial charge is 0.336 e. The lowest BCUT2D eigenvalue weighted by atomic mass is 10.2. The lowest BCUT2D eigenvalue weighted by Crippen LogP contribution is -1.97. The second-order valence-corrected chi connectivity index (χ2v) is 4.88. The van der Waals surface area contributed by atoms with Gasteiger partial charge >= 0.3 is 0 Å². The fourth-order valence-corrected chi connectivity index (χ4v) is 2.25. The Hall–Kier alpha value is -1.48. The molecule has 0 fully saturated rings. The number of hydrogen-bond donors (Lipinski definition) is 0. The smallest absolute Gasteiger partial charge is 0.0954 e. The van der Waals surface area contributed by atoms with E-state index in [0.29, 0.717) is 0 Å². The monoisotopic (exact) mass is 244 g/mol. The van der Waals surface area contributed by atoms with Gasteiger partial charge in [0.15, 0.2) is 0 Å². The summed E-state index contributed by atoms with van der Waals surface area (Å²) in [6.07, 6.45) is 5.94. The van der Waals surface area contributed by atoms with Gasteiger partial charge in [-0.3, -0.25) is 0 Å². The molecule has 0 atom stereocenters. The third kappa shape index (κ3) is 3.49. The zero-order valence-electron chi connectivity index (χ0n) is 9.75. The quantitative estimate of drug-likeness (QED) is 0.572. The Bertz CT molecular complexity index is 462. The zero-order chi connectivity index (χ0) is 11.9. The Kier molecular flexibility index (Phi) is 4.45. The van der Waals surface area contributed by atoms with Crippen LogP contribution in [0.1, 0.15) is 0 Å². The summed E-state index contributed by atoms with van der Waals surface area (Å²) in [5.41, 5.74) is 2.21. The van der Waals surface area contributed by atoms with Gasteiger partial charge in [0.25, 0.3) is 0 Å². The summed E-state index contributed by atoms with van der Waals surface area (Å²) in [7, 11) is 0. The topological polar surface area (TPSA) is 17.8 Å². The van der Waals surface area contributed by atoms with Gasteiger partial charge in [-0.15, -0.1) is 6.58 Å². The van der Waals surface area contributed by atoms with Crippen LogP contribution in [0.3, 0.4) is 0 Å². The maximum absolute atomic E-state index is 4.42. The van der Waals surface area contributed by atoms with Crippen LogP contribution < -0.4 is 0 Å². The second-order valence-electron chi connectivity index (χ2n) is 3.73. The number of aryl methyl sites for hydroxylation is 1. The van der Waals surface area contributed by atoms with Crippen molar-refractivity contribution in [3.8, 4) is 11.3 Å². The van der Waals surface area contributed by atoms with E-state index in [1.807, 2.05) is 42.4 Å². The van der Waals surface area contributed by atoms with E-state index in [0.717, 1.165) is 23.7 Å². The molecule has 88 valence electrons. The summed E-state index contributed by atoms with van der Waals surface area (Å²) in [4.78, 5) is 4.42. The number of imidazole rings is 1. The van der Waals surface area contributed by atoms with Gasteiger partial charge in [-0.25, -0.2) is 4.98 Å². The average Bonchev–Trinajstić information content (AvgIpc) is 2.85. The minimum Gasteiger partial charge on any atom is -0.336 e. The molecule has 1 heterocycles. The molecule has 2 nitrogen and oxygen atoms in total. The number of nitrogens with zero attached hydrogens (tertiary/aromatic N) is 2. The predicted molar refractivity (Wildman–Crippen MR) is 75.2 cm³/mol. The van der Waals surface area contributed by atoms with Crippen molar-refractivity contribution < 1.29 is 0 Å². The van der Waals surface area contributed by atoms with Crippen LogP contribution in [0.4, 0.5) is 0 Å². The molecule has 0 saturated carbocycles. The van der Waals surface area contributed by atoms with E-state index in [4.69, 9.17) is 0 Å². The first-order valence-corrected chi connectivity index (χ1v) is 6.81. The standard InChI is InChI=1S/C14H16N2S/c1-2-9-17-10-8-16-11-14(15-12-16)13-6-4-3-5-7-13/h2-7,11-12H,1,8-10H2. The van der Waals surface area contributed by atoms with Crippen molar-refractivity contribution in [2.45, 2.75) is 6.54 Å². The number of benzene rings is 1. The van der Waals surface area contributed by atoms with Crippen molar-refractivity contribution in [3.05, 3.63) is 55.5 Å². The van der Waals surface area contributed by atoms with Crippen LogP contribution in [0.15, 0.2) is 55.5 Å². The first-order chi connectivity index (χ1) is 8.40. The van der Waals surface area contributed by atoms with E-state index >= 15 is 0 Å². The van der Waals surface area contributed by atoms with E-state index < -0.39 is 0 Å².